The Morgan fingerprint density at radius 1 is 1.27 bits per heavy atom. The van der Waals surface area contributed by atoms with E-state index in [9.17, 15) is 9.59 Å². The Hall–Kier alpha value is -1.73. The Bertz CT molecular complexity index is 719. The van der Waals surface area contributed by atoms with Crippen molar-refractivity contribution in [3.8, 4) is 5.75 Å². The van der Waals surface area contributed by atoms with Gasteiger partial charge in [-0.05, 0) is 37.3 Å². The highest BCUT2D eigenvalue weighted by molar-refractivity contribution is 8.01. The molecule has 2 amide bonds. The molecule has 0 bridgehead atoms. The van der Waals surface area contributed by atoms with E-state index < -0.39 is 0 Å². The van der Waals surface area contributed by atoms with Gasteiger partial charge >= 0.3 is 0 Å². The molecule has 2 aliphatic rings. The topological polar surface area (TPSA) is 70.7 Å². The fourth-order valence-corrected chi connectivity index (χ4v) is 5.65. The molecule has 2 heterocycles. The van der Waals surface area contributed by atoms with Gasteiger partial charge < -0.3 is 15.0 Å². The highest BCUT2D eigenvalue weighted by atomic mass is 32.2. The van der Waals surface area contributed by atoms with Gasteiger partial charge in [0, 0.05) is 31.8 Å². The summed E-state index contributed by atoms with van der Waals surface area (Å²) in [7, 11) is 1.67. The van der Waals surface area contributed by atoms with Gasteiger partial charge in [-0.1, -0.05) is 38.0 Å². The van der Waals surface area contributed by atoms with Crippen LogP contribution in [0, 0.1) is 0 Å². The standard InChI is InChI=1S/C23H35N3O3S/c1-3-4-5-10-21(27)26-15-12-23(13-16-26)25-19(17-30-23)22(28)24-14-11-18-8-6-7-9-20(18)29-2/h6-9,19,25H,3-5,10-17H2,1-2H3,(H,24,28)/t19-/m0/s1. The third-order valence-electron chi connectivity index (χ3n) is 6.08. The first-order valence-corrected chi connectivity index (χ1v) is 12.1. The lowest BCUT2D eigenvalue weighted by atomic mass is 10.0. The number of ether oxygens (including phenoxy) is 1. The van der Waals surface area contributed by atoms with Crippen molar-refractivity contribution in [3.63, 3.8) is 0 Å². The van der Waals surface area contributed by atoms with Crippen LogP contribution in [0.4, 0.5) is 0 Å². The van der Waals surface area contributed by atoms with Crippen LogP contribution in [0.3, 0.4) is 0 Å². The summed E-state index contributed by atoms with van der Waals surface area (Å²) in [5.74, 6) is 1.99. The average molecular weight is 434 g/mol. The monoisotopic (exact) mass is 433 g/mol. The maximum Gasteiger partial charge on any atom is 0.238 e. The summed E-state index contributed by atoms with van der Waals surface area (Å²) >= 11 is 1.84. The van der Waals surface area contributed by atoms with E-state index in [-0.39, 0.29) is 22.7 Å². The number of rotatable bonds is 9. The van der Waals surface area contributed by atoms with Gasteiger partial charge in [0.25, 0.3) is 0 Å². The molecule has 0 saturated carbocycles. The molecule has 1 aromatic carbocycles. The van der Waals surface area contributed by atoms with Crippen LogP contribution in [0.15, 0.2) is 24.3 Å². The van der Waals surface area contributed by atoms with Gasteiger partial charge in [0.15, 0.2) is 0 Å². The van der Waals surface area contributed by atoms with Crippen LogP contribution in [0.5, 0.6) is 5.75 Å². The van der Waals surface area contributed by atoms with Crippen molar-refractivity contribution in [2.75, 3.05) is 32.5 Å². The van der Waals surface area contributed by atoms with Crippen LogP contribution >= 0.6 is 11.8 Å². The molecule has 166 valence electrons. The molecule has 30 heavy (non-hydrogen) atoms. The van der Waals surface area contributed by atoms with Crippen molar-refractivity contribution < 1.29 is 14.3 Å². The number of carbonyl (C=O) groups is 2. The van der Waals surface area contributed by atoms with E-state index in [0.717, 1.165) is 68.7 Å². The number of nitrogens with one attached hydrogen (secondary N) is 2. The number of hydrogen-bond acceptors (Lipinski definition) is 5. The zero-order valence-electron chi connectivity index (χ0n) is 18.2. The average Bonchev–Trinajstić information content (AvgIpc) is 3.18. The fourth-order valence-electron chi connectivity index (χ4n) is 4.23. The number of thioether (sulfide) groups is 1. The van der Waals surface area contributed by atoms with Gasteiger partial charge in [-0.15, -0.1) is 11.8 Å². The Morgan fingerprint density at radius 3 is 2.77 bits per heavy atom. The number of piperidine rings is 1. The maximum atomic E-state index is 12.7. The number of benzene rings is 1. The number of nitrogens with zero attached hydrogens (tertiary/aromatic N) is 1. The van der Waals surface area contributed by atoms with Crippen molar-refractivity contribution in [2.24, 2.45) is 0 Å². The number of amides is 2. The largest absolute Gasteiger partial charge is 0.496 e. The maximum absolute atomic E-state index is 12.7. The molecule has 0 aromatic heterocycles. The van der Waals surface area contributed by atoms with E-state index in [1.165, 1.54) is 0 Å². The second kappa shape index (κ2) is 11.0. The number of hydrogen-bond donors (Lipinski definition) is 2. The van der Waals surface area contributed by atoms with E-state index >= 15 is 0 Å². The van der Waals surface area contributed by atoms with Crippen molar-refractivity contribution in [3.05, 3.63) is 29.8 Å². The predicted octanol–water partition coefficient (Wildman–Crippen LogP) is 2.96. The molecule has 0 aliphatic carbocycles. The van der Waals surface area contributed by atoms with Crippen molar-refractivity contribution in [1.29, 1.82) is 0 Å². The number of likely N-dealkylation sites (tertiary alicyclic amines) is 1. The summed E-state index contributed by atoms with van der Waals surface area (Å²) in [6, 6.07) is 7.74. The zero-order valence-corrected chi connectivity index (χ0v) is 19.1. The van der Waals surface area contributed by atoms with Gasteiger partial charge in [0.2, 0.25) is 11.8 Å². The summed E-state index contributed by atoms with van der Waals surface area (Å²) in [6.45, 7) is 4.32. The second-order valence-electron chi connectivity index (χ2n) is 8.19. The molecular weight excluding hydrogens is 398 g/mol. The molecule has 3 rings (SSSR count). The van der Waals surface area contributed by atoms with E-state index in [1.54, 1.807) is 7.11 Å². The summed E-state index contributed by atoms with van der Waals surface area (Å²) < 4.78 is 5.37. The summed E-state index contributed by atoms with van der Waals surface area (Å²) in [6.07, 6.45) is 6.47. The number of carbonyl (C=O) groups excluding carboxylic acids is 2. The second-order valence-corrected chi connectivity index (χ2v) is 9.60. The van der Waals surface area contributed by atoms with Crippen LogP contribution in [-0.4, -0.2) is 60.1 Å². The normalized spacial score (nSPS) is 20.3. The minimum absolute atomic E-state index is 0.0624. The van der Waals surface area contributed by atoms with Crippen LogP contribution in [0.25, 0.3) is 0 Å². The molecule has 0 radical (unpaired) electrons. The molecule has 2 saturated heterocycles. The van der Waals surface area contributed by atoms with Crippen LogP contribution in [0.2, 0.25) is 0 Å². The molecule has 1 spiro atoms. The summed E-state index contributed by atoms with van der Waals surface area (Å²) in [5, 5.41) is 6.64. The Kier molecular flexibility index (Phi) is 8.45. The Labute approximate surface area is 184 Å². The van der Waals surface area contributed by atoms with Crippen molar-refractivity contribution >= 4 is 23.6 Å². The number of methoxy groups -OCH3 is 1. The lowest BCUT2D eigenvalue weighted by Gasteiger charge is -2.39. The van der Waals surface area contributed by atoms with Crippen molar-refractivity contribution in [1.82, 2.24) is 15.5 Å². The van der Waals surface area contributed by atoms with E-state index in [2.05, 4.69) is 17.6 Å². The first kappa shape index (κ1) is 22.9. The van der Waals surface area contributed by atoms with Gasteiger partial charge in [-0.25, -0.2) is 0 Å². The fraction of sp³-hybridized carbons (Fsp3) is 0.652. The molecule has 0 unspecified atom stereocenters. The summed E-state index contributed by atoms with van der Waals surface area (Å²) in [4.78, 5) is 26.9. The van der Waals surface area contributed by atoms with Crippen molar-refractivity contribution in [2.45, 2.75) is 62.8 Å². The molecular formula is C23H35N3O3S. The van der Waals surface area contributed by atoms with Gasteiger partial charge in [-0.2, -0.15) is 0 Å². The van der Waals surface area contributed by atoms with E-state index in [1.807, 2.05) is 40.9 Å². The first-order chi connectivity index (χ1) is 14.6. The highest BCUT2D eigenvalue weighted by Crippen LogP contribution is 2.39. The first-order valence-electron chi connectivity index (χ1n) is 11.2. The third kappa shape index (κ3) is 5.91. The number of unbranched alkanes of at least 4 members (excludes halogenated alkanes) is 2. The lowest BCUT2D eigenvalue weighted by molar-refractivity contribution is -0.132. The summed E-state index contributed by atoms with van der Waals surface area (Å²) in [5.41, 5.74) is 1.10. The molecule has 7 heteroatoms. The Morgan fingerprint density at radius 2 is 2.03 bits per heavy atom. The van der Waals surface area contributed by atoms with Crippen LogP contribution in [-0.2, 0) is 16.0 Å². The smallest absolute Gasteiger partial charge is 0.238 e. The number of para-hydroxylation sites is 1. The highest BCUT2D eigenvalue weighted by Gasteiger charge is 2.44. The lowest BCUT2D eigenvalue weighted by Crippen LogP contribution is -2.54. The van der Waals surface area contributed by atoms with E-state index in [4.69, 9.17) is 4.74 Å². The minimum atomic E-state index is -0.167. The molecule has 1 atom stereocenters. The van der Waals surface area contributed by atoms with Gasteiger partial charge in [-0.3, -0.25) is 14.9 Å². The quantitative estimate of drug-likeness (QED) is 0.586. The molecule has 6 nitrogen and oxygen atoms in total. The SMILES string of the molecule is CCCCCC(=O)N1CCC2(CC1)N[C@H](C(=O)NCCc1ccccc1OC)CS2. The van der Waals surface area contributed by atoms with Crippen LogP contribution in [0.1, 0.15) is 51.0 Å². The molecule has 2 N–H and O–H groups in total. The molecule has 1 aromatic rings. The van der Waals surface area contributed by atoms with Gasteiger partial charge in [0.05, 0.1) is 18.0 Å². The molecule has 2 aliphatic heterocycles. The third-order valence-corrected chi connectivity index (χ3v) is 7.66. The van der Waals surface area contributed by atoms with Gasteiger partial charge in [0.1, 0.15) is 5.75 Å². The Balaban J connectivity index is 1.40. The van der Waals surface area contributed by atoms with E-state index in [0.29, 0.717) is 13.0 Å². The predicted molar refractivity (Wildman–Crippen MR) is 122 cm³/mol. The van der Waals surface area contributed by atoms with Crippen LogP contribution < -0.4 is 15.4 Å². The minimum Gasteiger partial charge on any atom is -0.496 e. The molecule has 2 fully saturated rings. The zero-order chi connectivity index (χ0) is 21.4.